The molecule has 1 N–H and O–H groups in total. The monoisotopic (exact) mass is 679 g/mol. The molecule has 0 radical (unpaired) electrons. The molecule has 0 heterocycles. The van der Waals surface area contributed by atoms with E-state index in [4.69, 9.17) is 27.9 Å². The number of nitrogens with one attached hydrogen (secondary N) is 1. The van der Waals surface area contributed by atoms with Gasteiger partial charge in [-0.1, -0.05) is 50.0 Å². The summed E-state index contributed by atoms with van der Waals surface area (Å²) in [5.74, 6) is -0.135. The van der Waals surface area contributed by atoms with Crippen molar-refractivity contribution in [3.63, 3.8) is 0 Å². The van der Waals surface area contributed by atoms with Crippen molar-refractivity contribution in [1.29, 1.82) is 0 Å². The van der Waals surface area contributed by atoms with Crippen molar-refractivity contribution in [2.45, 2.75) is 56.5 Å². The zero-order chi connectivity index (χ0) is 32.4. The number of amides is 2. The molecule has 0 aliphatic carbocycles. The Kier molecular flexibility index (Phi) is 13.3. The summed E-state index contributed by atoms with van der Waals surface area (Å²) in [6.07, 6.45) is 2.20. The van der Waals surface area contributed by atoms with E-state index in [1.54, 1.807) is 61.5 Å². The third-order valence-electron chi connectivity index (χ3n) is 6.79. The SMILES string of the molecule is CCOc1ccc(N(CC(=O)N(Cc2ccc(Cl)cc2Cl)C(CC)C(=O)NCC(C)C)S(=O)(=O)c2ccc(SC)cc2)cc1. The van der Waals surface area contributed by atoms with E-state index in [2.05, 4.69) is 5.32 Å². The van der Waals surface area contributed by atoms with Crippen LogP contribution in [0.15, 0.2) is 76.5 Å². The van der Waals surface area contributed by atoms with Crippen molar-refractivity contribution in [2.24, 2.45) is 5.92 Å². The highest BCUT2D eigenvalue weighted by Crippen LogP contribution is 2.29. The molecule has 0 fully saturated rings. The summed E-state index contributed by atoms with van der Waals surface area (Å²) in [5, 5.41) is 3.67. The number of halogens is 2. The number of sulfonamides is 1. The fourth-order valence-electron chi connectivity index (χ4n) is 4.45. The molecule has 1 unspecified atom stereocenters. The molecule has 3 aromatic rings. The Labute approximate surface area is 275 Å². The van der Waals surface area contributed by atoms with Crippen LogP contribution < -0.4 is 14.4 Å². The minimum atomic E-state index is -4.20. The molecule has 12 heteroatoms. The van der Waals surface area contributed by atoms with E-state index in [1.165, 1.54) is 28.8 Å². The second kappa shape index (κ2) is 16.4. The first-order valence-electron chi connectivity index (χ1n) is 14.3. The van der Waals surface area contributed by atoms with Crippen molar-refractivity contribution >= 4 is 62.5 Å². The van der Waals surface area contributed by atoms with Gasteiger partial charge in [-0.15, -0.1) is 11.8 Å². The molecule has 8 nitrogen and oxygen atoms in total. The Morgan fingerprint density at radius 2 is 1.64 bits per heavy atom. The van der Waals surface area contributed by atoms with Crippen molar-refractivity contribution in [2.75, 3.05) is 30.3 Å². The van der Waals surface area contributed by atoms with Gasteiger partial charge in [-0.05, 0) is 91.7 Å². The Morgan fingerprint density at radius 1 is 0.977 bits per heavy atom. The maximum Gasteiger partial charge on any atom is 0.264 e. The van der Waals surface area contributed by atoms with Gasteiger partial charge < -0.3 is 15.0 Å². The summed E-state index contributed by atoms with van der Waals surface area (Å²) >= 11 is 14.1. The lowest BCUT2D eigenvalue weighted by Crippen LogP contribution is -2.52. The second-order valence-electron chi connectivity index (χ2n) is 10.4. The molecular weight excluding hydrogens is 641 g/mol. The third kappa shape index (κ3) is 9.30. The zero-order valence-corrected chi connectivity index (χ0v) is 28.7. The molecule has 1 atom stereocenters. The van der Waals surface area contributed by atoms with Crippen molar-refractivity contribution < 1.29 is 22.7 Å². The average molecular weight is 681 g/mol. The molecule has 3 aromatic carbocycles. The number of hydrogen-bond acceptors (Lipinski definition) is 6. The standard InChI is InChI=1S/C32H39Cl2N3O5S2/c1-6-30(32(39)35-19-22(3)4)36(20-23-8-9-24(33)18-29(23)34)31(38)21-37(25-10-12-26(13-11-25)42-7-2)44(40,41)28-16-14-27(43-5)15-17-28/h8-18,22,30H,6-7,19-21H2,1-5H3,(H,35,39). The Balaban J connectivity index is 2.08. The number of ether oxygens (including phenoxy) is 1. The predicted molar refractivity (Wildman–Crippen MR) is 179 cm³/mol. The van der Waals surface area contributed by atoms with Gasteiger partial charge in [-0.2, -0.15) is 0 Å². The molecule has 0 aliphatic heterocycles. The number of thioether (sulfide) groups is 1. The van der Waals surface area contributed by atoms with E-state index in [1.807, 2.05) is 27.0 Å². The largest absolute Gasteiger partial charge is 0.494 e. The molecule has 3 rings (SSSR count). The van der Waals surface area contributed by atoms with Gasteiger partial charge in [0.25, 0.3) is 10.0 Å². The fourth-order valence-corrected chi connectivity index (χ4v) is 6.75. The molecule has 0 spiro atoms. The topological polar surface area (TPSA) is 96.0 Å². The highest BCUT2D eigenvalue weighted by Gasteiger charge is 2.34. The number of rotatable bonds is 15. The van der Waals surface area contributed by atoms with E-state index in [-0.39, 0.29) is 29.0 Å². The first kappa shape index (κ1) is 35.6. The van der Waals surface area contributed by atoms with Gasteiger partial charge in [0.05, 0.1) is 17.2 Å². The van der Waals surface area contributed by atoms with Crippen molar-refractivity contribution in [1.82, 2.24) is 10.2 Å². The molecule has 0 aromatic heterocycles. The van der Waals surface area contributed by atoms with E-state index in [9.17, 15) is 18.0 Å². The molecule has 238 valence electrons. The molecular formula is C32H39Cl2N3O5S2. The summed E-state index contributed by atoms with van der Waals surface area (Å²) < 4.78 is 34.8. The Hall–Kier alpha value is -2.92. The maximum absolute atomic E-state index is 14.2. The number of benzene rings is 3. The summed E-state index contributed by atoms with van der Waals surface area (Å²) in [5.41, 5.74) is 0.847. The maximum atomic E-state index is 14.2. The van der Waals surface area contributed by atoms with Gasteiger partial charge in [0.2, 0.25) is 11.8 Å². The number of anilines is 1. The van der Waals surface area contributed by atoms with Crippen LogP contribution in [-0.4, -0.2) is 57.1 Å². The number of hydrogen-bond donors (Lipinski definition) is 1. The molecule has 44 heavy (non-hydrogen) atoms. The minimum Gasteiger partial charge on any atom is -0.494 e. The molecule has 2 amide bonds. The molecule has 0 bridgehead atoms. The summed E-state index contributed by atoms with van der Waals surface area (Å²) in [6.45, 7) is 7.90. The molecule has 0 aliphatic rings. The summed E-state index contributed by atoms with van der Waals surface area (Å²) in [7, 11) is -4.20. The van der Waals surface area contributed by atoms with Crippen LogP contribution in [0.2, 0.25) is 10.0 Å². The van der Waals surface area contributed by atoms with Gasteiger partial charge in [0.15, 0.2) is 0 Å². The smallest absolute Gasteiger partial charge is 0.264 e. The van der Waals surface area contributed by atoms with Crippen molar-refractivity contribution in [3.05, 3.63) is 82.3 Å². The quantitative estimate of drug-likeness (QED) is 0.176. The lowest BCUT2D eigenvalue weighted by atomic mass is 10.1. The minimum absolute atomic E-state index is 0.0258. The van der Waals surface area contributed by atoms with Crippen LogP contribution >= 0.6 is 35.0 Å². The highest BCUT2D eigenvalue weighted by molar-refractivity contribution is 7.98. The van der Waals surface area contributed by atoms with Gasteiger partial charge in [-0.25, -0.2) is 8.42 Å². The van der Waals surface area contributed by atoms with Gasteiger partial charge in [0, 0.05) is 28.0 Å². The fraction of sp³-hybridized carbons (Fsp3) is 0.375. The van der Waals surface area contributed by atoms with Gasteiger partial charge in [-0.3, -0.25) is 13.9 Å². The second-order valence-corrected chi connectivity index (χ2v) is 14.0. The van der Waals surface area contributed by atoms with Gasteiger partial charge in [0.1, 0.15) is 18.3 Å². The van der Waals surface area contributed by atoms with E-state index in [0.717, 1.165) is 9.20 Å². The summed E-state index contributed by atoms with van der Waals surface area (Å²) in [4.78, 5) is 29.9. The third-order valence-corrected chi connectivity index (χ3v) is 9.91. The first-order chi connectivity index (χ1) is 20.9. The lowest BCUT2D eigenvalue weighted by molar-refractivity contribution is -0.140. The first-order valence-corrected chi connectivity index (χ1v) is 17.7. The average Bonchev–Trinajstić information content (AvgIpc) is 3.00. The number of carbonyl (C=O) groups excluding carboxylic acids is 2. The predicted octanol–water partition coefficient (Wildman–Crippen LogP) is 6.89. The van der Waals surface area contributed by atoms with E-state index >= 15 is 0 Å². The van der Waals surface area contributed by atoms with Crippen LogP contribution in [0.4, 0.5) is 5.69 Å². The molecule has 0 saturated heterocycles. The Bertz CT molecular complexity index is 1520. The molecule has 0 saturated carbocycles. The van der Waals surface area contributed by atoms with Crippen LogP contribution in [0.1, 0.15) is 39.7 Å². The highest BCUT2D eigenvalue weighted by atomic mass is 35.5. The van der Waals surface area contributed by atoms with Crippen LogP contribution in [0, 0.1) is 5.92 Å². The number of nitrogens with zero attached hydrogens (tertiary/aromatic N) is 2. The lowest BCUT2D eigenvalue weighted by Gasteiger charge is -2.33. The van der Waals surface area contributed by atoms with Crippen LogP contribution in [0.5, 0.6) is 5.75 Å². The van der Waals surface area contributed by atoms with E-state index in [0.29, 0.717) is 40.9 Å². The van der Waals surface area contributed by atoms with Crippen LogP contribution in [0.25, 0.3) is 0 Å². The van der Waals surface area contributed by atoms with E-state index < -0.39 is 28.5 Å². The summed E-state index contributed by atoms with van der Waals surface area (Å²) in [6, 6.07) is 17.0. The van der Waals surface area contributed by atoms with Crippen molar-refractivity contribution in [3.8, 4) is 5.75 Å². The van der Waals surface area contributed by atoms with Gasteiger partial charge >= 0.3 is 0 Å². The Morgan fingerprint density at radius 3 is 2.18 bits per heavy atom. The number of carbonyl (C=O) groups is 2. The normalized spacial score (nSPS) is 12.1. The zero-order valence-electron chi connectivity index (χ0n) is 25.5. The van der Waals surface area contributed by atoms with Crippen LogP contribution in [0.3, 0.4) is 0 Å². The van der Waals surface area contributed by atoms with Crippen LogP contribution in [-0.2, 0) is 26.2 Å².